The van der Waals surface area contributed by atoms with Crippen molar-refractivity contribution in [3.8, 4) is 11.1 Å². The molecule has 0 aliphatic carbocycles. The van der Waals surface area contributed by atoms with Gasteiger partial charge < -0.3 is 10.3 Å². The lowest BCUT2D eigenvalue weighted by Gasteiger charge is -2.20. The van der Waals surface area contributed by atoms with Gasteiger partial charge in [-0.25, -0.2) is 9.18 Å². The van der Waals surface area contributed by atoms with Crippen LogP contribution in [0.5, 0.6) is 0 Å². The number of aromatic nitrogens is 1. The predicted octanol–water partition coefficient (Wildman–Crippen LogP) is 7.65. The monoisotopic (exact) mass is 510 g/mol. The second-order valence-corrected chi connectivity index (χ2v) is 9.13. The first-order chi connectivity index (χ1) is 16.4. The summed E-state index contributed by atoms with van der Waals surface area (Å²) in [5, 5.41) is 24.5. The topological polar surface area (TPSA) is 82.8 Å². The van der Waals surface area contributed by atoms with Crippen LogP contribution in [0.4, 0.5) is 4.39 Å². The van der Waals surface area contributed by atoms with Crippen LogP contribution in [0.25, 0.3) is 11.1 Å². The Hall–Kier alpha value is -3.55. The second kappa shape index (κ2) is 11.3. The molecular formula is C27H24ClFN2O3S. The zero-order valence-corrected chi connectivity index (χ0v) is 19.6. The average Bonchev–Trinajstić information content (AvgIpc) is 3.32. The van der Waals surface area contributed by atoms with Gasteiger partial charge in [0.15, 0.2) is 0 Å². The predicted molar refractivity (Wildman–Crippen MR) is 139 cm³/mol. The summed E-state index contributed by atoms with van der Waals surface area (Å²) >= 11 is 7.14. The van der Waals surface area contributed by atoms with E-state index in [1.807, 2.05) is 37.3 Å². The van der Waals surface area contributed by atoms with E-state index in [9.17, 15) is 19.5 Å². The second-order valence-electron chi connectivity index (χ2n) is 7.78. The zero-order valence-electron chi connectivity index (χ0n) is 18.1. The van der Waals surface area contributed by atoms with Crippen molar-refractivity contribution in [3.05, 3.63) is 110 Å². The van der Waals surface area contributed by atoms with E-state index in [2.05, 4.69) is 10.1 Å². The summed E-state index contributed by atoms with van der Waals surface area (Å²) < 4.78 is 15.0. The molecule has 1 atom stereocenters. The van der Waals surface area contributed by atoms with Crippen molar-refractivity contribution < 1.29 is 19.5 Å². The summed E-state index contributed by atoms with van der Waals surface area (Å²) in [6.07, 6.45) is 1.87. The standard InChI is InChI=1S/C26H20ClFN2O3S.CH4/c1-15-10-18(8-9-29-15)24(30-33)13-22(21-7-6-20(27)12-23(21)28)17-4-2-16(3-5-17)19-11-25(26(31)32)34-14-19;/h2-12,14,22,33H,13H2,1H3,(H,31,32);1H4/b30-24+;. The van der Waals surface area contributed by atoms with Gasteiger partial charge in [-0.05, 0) is 64.9 Å². The molecule has 5 nitrogen and oxygen atoms in total. The molecule has 0 saturated heterocycles. The maximum Gasteiger partial charge on any atom is 0.345 e. The normalized spacial score (nSPS) is 12.1. The highest BCUT2D eigenvalue weighted by Gasteiger charge is 2.22. The van der Waals surface area contributed by atoms with Gasteiger partial charge in [-0.2, -0.15) is 0 Å². The number of carboxylic acids is 1. The summed E-state index contributed by atoms with van der Waals surface area (Å²) in [6, 6.07) is 17.2. The Bertz CT molecular complexity index is 1370. The Morgan fingerprint density at radius 1 is 1.11 bits per heavy atom. The molecular weight excluding hydrogens is 487 g/mol. The van der Waals surface area contributed by atoms with Crippen molar-refractivity contribution >= 4 is 34.6 Å². The van der Waals surface area contributed by atoms with Crippen LogP contribution in [-0.4, -0.2) is 27.0 Å². The minimum atomic E-state index is -0.965. The highest BCUT2D eigenvalue weighted by Crippen LogP contribution is 2.34. The third kappa shape index (κ3) is 5.93. The Morgan fingerprint density at radius 2 is 1.86 bits per heavy atom. The molecule has 0 amide bonds. The molecule has 0 bridgehead atoms. The average molecular weight is 511 g/mol. The minimum Gasteiger partial charge on any atom is -0.477 e. The molecule has 2 heterocycles. The fourth-order valence-electron chi connectivity index (χ4n) is 3.83. The highest BCUT2D eigenvalue weighted by molar-refractivity contribution is 7.12. The van der Waals surface area contributed by atoms with Crippen LogP contribution in [0.15, 0.2) is 77.4 Å². The van der Waals surface area contributed by atoms with Crippen molar-refractivity contribution in [2.75, 3.05) is 0 Å². The van der Waals surface area contributed by atoms with Gasteiger partial charge in [-0.15, -0.1) is 11.3 Å². The zero-order chi connectivity index (χ0) is 24.2. The van der Waals surface area contributed by atoms with E-state index in [0.29, 0.717) is 21.9 Å². The number of carbonyl (C=O) groups is 1. The van der Waals surface area contributed by atoms with Gasteiger partial charge in [0.05, 0.1) is 5.71 Å². The first-order valence-electron chi connectivity index (χ1n) is 10.4. The Labute approximate surface area is 212 Å². The third-order valence-corrected chi connectivity index (χ3v) is 6.70. The molecule has 2 N–H and O–H groups in total. The van der Waals surface area contributed by atoms with Crippen molar-refractivity contribution in [2.24, 2.45) is 5.16 Å². The lowest BCUT2D eigenvalue weighted by Crippen LogP contribution is -2.12. The number of carboxylic acid groups (broad SMARTS) is 1. The summed E-state index contributed by atoms with van der Waals surface area (Å²) in [4.78, 5) is 15.6. The highest BCUT2D eigenvalue weighted by atomic mass is 35.5. The van der Waals surface area contributed by atoms with Crippen molar-refractivity contribution in [2.45, 2.75) is 26.7 Å². The number of benzene rings is 2. The van der Waals surface area contributed by atoms with E-state index < -0.39 is 17.7 Å². The Kier molecular flexibility index (Phi) is 8.38. The van der Waals surface area contributed by atoms with Gasteiger partial charge in [0.1, 0.15) is 10.7 Å². The molecule has 1 unspecified atom stereocenters. The lowest BCUT2D eigenvalue weighted by molar-refractivity contribution is 0.0702. The number of aryl methyl sites for hydroxylation is 1. The molecule has 0 spiro atoms. The number of thiophene rings is 1. The first kappa shape index (κ1) is 26.1. The van der Waals surface area contributed by atoms with Gasteiger partial charge in [0.2, 0.25) is 0 Å². The molecule has 8 heteroatoms. The molecule has 0 saturated carbocycles. The van der Waals surface area contributed by atoms with Crippen LogP contribution in [0.2, 0.25) is 5.02 Å². The van der Waals surface area contributed by atoms with Crippen molar-refractivity contribution in [1.29, 1.82) is 0 Å². The fourth-order valence-corrected chi connectivity index (χ4v) is 4.75. The van der Waals surface area contributed by atoms with Crippen LogP contribution in [0, 0.1) is 12.7 Å². The number of oxime groups is 1. The molecule has 0 aliphatic heterocycles. The minimum absolute atomic E-state index is 0. The molecule has 0 fully saturated rings. The number of nitrogens with zero attached hydrogens (tertiary/aromatic N) is 2. The van der Waals surface area contributed by atoms with Crippen LogP contribution in [0.3, 0.4) is 0 Å². The number of aromatic carboxylic acids is 1. The van der Waals surface area contributed by atoms with E-state index in [4.69, 9.17) is 11.6 Å². The van der Waals surface area contributed by atoms with Gasteiger partial charge >= 0.3 is 5.97 Å². The van der Waals surface area contributed by atoms with Gasteiger partial charge in [-0.3, -0.25) is 4.98 Å². The van der Waals surface area contributed by atoms with Crippen LogP contribution in [0.1, 0.15) is 51.8 Å². The first-order valence-corrected chi connectivity index (χ1v) is 11.6. The summed E-state index contributed by atoms with van der Waals surface area (Å²) in [6.45, 7) is 1.84. The molecule has 180 valence electrons. The number of hydrogen-bond donors (Lipinski definition) is 2. The van der Waals surface area contributed by atoms with Crippen molar-refractivity contribution in [3.63, 3.8) is 0 Å². The third-order valence-electron chi connectivity index (χ3n) is 5.54. The van der Waals surface area contributed by atoms with Crippen LogP contribution in [-0.2, 0) is 0 Å². The smallest absolute Gasteiger partial charge is 0.345 e. The molecule has 2 aromatic heterocycles. The molecule has 4 rings (SSSR count). The van der Waals surface area contributed by atoms with Crippen LogP contribution >= 0.6 is 22.9 Å². The fraction of sp³-hybridized carbons (Fsp3) is 0.148. The largest absolute Gasteiger partial charge is 0.477 e. The van der Waals surface area contributed by atoms with E-state index in [1.165, 1.54) is 6.07 Å². The van der Waals surface area contributed by atoms with E-state index in [1.54, 1.807) is 35.8 Å². The number of pyridine rings is 1. The van der Waals surface area contributed by atoms with Crippen molar-refractivity contribution in [1.82, 2.24) is 4.98 Å². The summed E-state index contributed by atoms with van der Waals surface area (Å²) in [5.41, 5.74) is 4.76. The summed E-state index contributed by atoms with van der Waals surface area (Å²) in [5.74, 6) is -1.87. The van der Waals surface area contributed by atoms with Gasteiger partial charge in [-0.1, -0.05) is 54.5 Å². The Morgan fingerprint density at radius 3 is 2.46 bits per heavy atom. The molecule has 35 heavy (non-hydrogen) atoms. The van der Waals surface area contributed by atoms with Gasteiger partial charge in [0, 0.05) is 34.8 Å². The van der Waals surface area contributed by atoms with Crippen LogP contribution < -0.4 is 0 Å². The van der Waals surface area contributed by atoms with E-state index >= 15 is 0 Å². The quantitative estimate of drug-likeness (QED) is 0.152. The lowest BCUT2D eigenvalue weighted by atomic mass is 9.84. The number of halogens is 2. The Balaban J connectivity index is 0.00000342. The van der Waals surface area contributed by atoms with E-state index in [0.717, 1.165) is 33.7 Å². The molecule has 0 aliphatic rings. The van der Waals surface area contributed by atoms with Gasteiger partial charge in [0.25, 0.3) is 0 Å². The maximum atomic E-state index is 15.0. The molecule has 0 radical (unpaired) electrons. The summed E-state index contributed by atoms with van der Waals surface area (Å²) in [7, 11) is 0. The van der Waals surface area contributed by atoms with E-state index in [-0.39, 0.29) is 18.7 Å². The molecule has 4 aromatic rings. The maximum absolute atomic E-state index is 15.0. The number of rotatable bonds is 7. The SMILES string of the molecule is C.Cc1cc(/C(CC(c2ccc(-c3csc(C(=O)O)c3)cc2)c2ccc(Cl)cc2F)=N/O)ccn1. The molecule has 2 aromatic carbocycles. The number of hydrogen-bond acceptors (Lipinski definition) is 5.